The molecule has 4 rings (SSSR count). The summed E-state index contributed by atoms with van der Waals surface area (Å²) < 4.78 is 0. The smallest absolute Gasteiger partial charge is 0.0162 e. The Hall–Kier alpha value is -1.04. The minimum atomic E-state index is 0.814. The Morgan fingerprint density at radius 3 is 1.73 bits per heavy atom. The summed E-state index contributed by atoms with van der Waals surface area (Å²) in [5.41, 5.74) is 3.15. The van der Waals surface area contributed by atoms with E-state index in [1.807, 2.05) is 0 Å². The highest BCUT2D eigenvalue weighted by atomic mass is 14.4. The first-order chi connectivity index (χ1) is 16.3. The number of unbranched alkanes of at least 4 members (excludes halogenated alkanes) is 3. The third-order valence-corrected chi connectivity index (χ3v) is 9.80. The van der Waals surface area contributed by atoms with Crippen LogP contribution in [0.25, 0.3) is 0 Å². The summed E-state index contributed by atoms with van der Waals surface area (Å²) in [6.45, 7) is 4.63. The molecular formula is C33H52. The molecule has 0 heteroatoms. The third-order valence-electron chi connectivity index (χ3n) is 9.80. The molecule has 0 radical (unpaired) electrons. The molecule has 0 aromatic heterocycles. The molecule has 33 heavy (non-hydrogen) atoms. The summed E-state index contributed by atoms with van der Waals surface area (Å²) in [5, 5.41) is 0. The van der Waals surface area contributed by atoms with Gasteiger partial charge in [-0.3, -0.25) is 0 Å². The average molecular weight is 449 g/mol. The molecule has 2 fully saturated rings. The van der Waals surface area contributed by atoms with Gasteiger partial charge in [-0.15, -0.1) is 0 Å². The molecule has 0 aliphatic heterocycles. The molecule has 3 aliphatic carbocycles. The van der Waals surface area contributed by atoms with Crippen molar-refractivity contribution >= 4 is 0 Å². The van der Waals surface area contributed by atoms with E-state index >= 15 is 0 Å². The summed E-state index contributed by atoms with van der Waals surface area (Å²) in [7, 11) is 0. The quantitative estimate of drug-likeness (QED) is 0.246. The number of benzene rings is 1. The molecule has 2 saturated carbocycles. The molecule has 0 spiro atoms. The van der Waals surface area contributed by atoms with Crippen molar-refractivity contribution in [3.05, 3.63) is 47.5 Å². The van der Waals surface area contributed by atoms with Gasteiger partial charge >= 0.3 is 0 Å². The fourth-order valence-electron chi connectivity index (χ4n) is 7.46. The van der Waals surface area contributed by atoms with Gasteiger partial charge < -0.3 is 0 Å². The molecule has 184 valence electrons. The van der Waals surface area contributed by atoms with E-state index in [0.717, 1.165) is 35.5 Å². The molecule has 0 N–H and O–H groups in total. The zero-order chi connectivity index (χ0) is 22.9. The minimum Gasteiger partial charge on any atom is -0.0849 e. The number of hydrogen-bond donors (Lipinski definition) is 0. The van der Waals surface area contributed by atoms with Crippen molar-refractivity contribution in [1.29, 1.82) is 0 Å². The summed E-state index contributed by atoms with van der Waals surface area (Å²) in [6.07, 6.45) is 29.7. The predicted octanol–water partition coefficient (Wildman–Crippen LogP) is 10.3. The van der Waals surface area contributed by atoms with Crippen molar-refractivity contribution in [3.8, 4) is 0 Å². The fraction of sp³-hybridized carbons (Fsp3) is 0.758. The first-order valence-electron chi connectivity index (χ1n) is 15.0. The zero-order valence-electron chi connectivity index (χ0n) is 21.9. The maximum atomic E-state index is 2.69. The van der Waals surface area contributed by atoms with Crippen LogP contribution in [0, 0.1) is 29.6 Å². The van der Waals surface area contributed by atoms with Crippen molar-refractivity contribution in [2.45, 2.75) is 129 Å². The molecule has 0 amide bonds. The maximum absolute atomic E-state index is 2.69. The molecule has 2 atom stereocenters. The Morgan fingerprint density at radius 1 is 0.606 bits per heavy atom. The van der Waals surface area contributed by atoms with Crippen LogP contribution in [0.4, 0.5) is 0 Å². The zero-order valence-corrected chi connectivity index (χ0v) is 21.9. The molecule has 3 aliphatic rings. The number of allylic oxidation sites excluding steroid dienone is 2. The lowest BCUT2D eigenvalue weighted by Gasteiger charge is -2.38. The Kier molecular flexibility index (Phi) is 9.99. The van der Waals surface area contributed by atoms with Crippen molar-refractivity contribution in [2.24, 2.45) is 29.6 Å². The number of hydrogen-bond acceptors (Lipinski definition) is 0. The van der Waals surface area contributed by atoms with Crippen LogP contribution < -0.4 is 0 Å². The first-order valence-corrected chi connectivity index (χ1v) is 15.0. The van der Waals surface area contributed by atoms with Crippen LogP contribution in [-0.2, 0) is 6.42 Å². The van der Waals surface area contributed by atoms with Gasteiger partial charge in [-0.2, -0.15) is 0 Å². The van der Waals surface area contributed by atoms with Crippen LogP contribution >= 0.6 is 0 Å². The van der Waals surface area contributed by atoms with Crippen molar-refractivity contribution < 1.29 is 0 Å². The summed E-state index contributed by atoms with van der Waals surface area (Å²) in [5.74, 6) is 5.60. The van der Waals surface area contributed by atoms with E-state index in [9.17, 15) is 0 Å². The summed E-state index contributed by atoms with van der Waals surface area (Å²) in [6, 6.07) is 9.74. The van der Waals surface area contributed by atoms with Crippen LogP contribution in [0.3, 0.4) is 0 Å². The van der Waals surface area contributed by atoms with Crippen molar-refractivity contribution in [3.63, 3.8) is 0 Å². The van der Waals surface area contributed by atoms with Gasteiger partial charge in [-0.1, -0.05) is 95.2 Å². The van der Waals surface area contributed by atoms with Gasteiger partial charge in [0.2, 0.25) is 0 Å². The molecule has 0 heterocycles. The average Bonchev–Trinajstić information content (AvgIpc) is 2.89. The van der Waals surface area contributed by atoms with E-state index < -0.39 is 0 Å². The Morgan fingerprint density at radius 2 is 1.18 bits per heavy atom. The first kappa shape index (κ1) is 25.1. The van der Waals surface area contributed by atoms with E-state index in [2.05, 4.69) is 50.3 Å². The Balaban J connectivity index is 1.19. The SMILES string of the molecule is CCCCCc1ccc(C2CCC(C3C=CC(C4CCC(CCCC)CC4)CC3)CC2)cc1. The van der Waals surface area contributed by atoms with Crippen LogP contribution in [-0.4, -0.2) is 0 Å². The van der Waals surface area contributed by atoms with Crippen LogP contribution in [0.1, 0.15) is 134 Å². The highest BCUT2D eigenvalue weighted by Gasteiger charge is 2.32. The Bertz CT molecular complexity index is 681. The van der Waals surface area contributed by atoms with Gasteiger partial charge in [0, 0.05) is 0 Å². The van der Waals surface area contributed by atoms with Crippen LogP contribution in [0.15, 0.2) is 36.4 Å². The molecular weight excluding hydrogens is 396 g/mol. The fourth-order valence-corrected chi connectivity index (χ4v) is 7.46. The van der Waals surface area contributed by atoms with Gasteiger partial charge in [0.05, 0.1) is 0 Å². The largest absolute Gasteiger partial charge is 0.0849 e. The van der Waals surface area contributed by atoms with E-state index in [1.165, 1.54) is 115 Å². The maximum Gasteiger partial charge on any atom is -0.0162 e. The second-order valence-corrected chi connectivity index (χ2v) is 12.0. The number of rotatable bonds is 10. The molecule has 0 bridgehead atoms. The second kappa shape index (κ2) is 13.2. The highest BCUT2D eigenvalue weighted by Crippen LogP contribution is 2.45. The predicted molar refractivity (Wildman–Crippen MR) is 145 cm³/mol. The van der Waals surface area contributed by atoms with Crippen molar-refractivity contribution in [1.82, 2.24) is 0 Å². The van der Waals surface area contributed by atoms with Gasteiger partial charge in [0.1, 0.15) is 0 Å². The van der Waals surface area contributed by atoms with E-state index in [-0.39, 0.29) is 0 Å². The second-order valence-electron chi connectivity index (χ2n) is 12.0. The van der Waals surface area contributed by atoms with Gasteiger partial charge in [-0.25, -0.2) is 0 Å². The molecule has 2 unspecified atom stereocenters. The lowest BCUT2D eigenvalue weighted by molar-refractivity contribution is 0.186. The standard InChI is InChI=1S/C33H52/c1-3-5-7-9-27-12-16-29(17-13-27)31-20-24-33(25-21-31)32-22-18-30(19-23-32)28-14-10-26(11-15-28)8-6-4-2/h12-13,16-18,22,26,28,30-33H,3-11,14-15,19-21,23-25H2,1-2H3. The monoisotopic (exact) mass is 448 g/mol. The topological polar surface area (TPSA) is 0 Å². The Labute approximate surface area is 206 Å². The summed E-state index contributed by atoms with van der Waals surface area (Å²) in [4.78, 5) is 0. The van der Waals surface area contributed by atoms with Gasteiger partial charge in [0.25, 0.3) is 0 Å². The molecule has 0 nitrogen and oxygen atoms in total. The molecule has 1 aromatic carbocycles. The van der Waals surface area contributed by atoms with E-state index in [0.29, 0.717) is 0 Å². The van der Waals surface area contributed by atoms with E-state index in [1.54, 1.807) is 5.56 Å². The van der Waals surface area contributed by atoms with Crippen LogP contribution in [0.2, 0.25) is 0 Å². The minimum absolute atomic E-state index is 0.814. The lowest BCUT2D eigenvalue weighted by atomic mass is 9.67. The normalized spacial score (nSPS) is 32.7. The van der Waals surface area contributed by atoms with Gasteiger partial charge in [-0.05, 0) is 111 Å². The molecule has 1 aromatic rings. The van der Waals surface area contributed by atoms with Gasteiger partial charge in [0.15, 0.2) is 0 Å². The van der Waals surface area contributed by atoms with E-state index in [4.69, 9.17) is 0 Å². The highest BCUT2D eigenvalue weighted by molar-refractivity contribution is 5.26. The third kappa shape index (κ3) is 7.22. The van der Waals surface area contributed by atoms with Crippen LogP contribution in [0.5, 0.6) is 0 Å². The molecule has 0 saturated heterocycles. The summed E-state index contributed by atoms with van der Waals surface area (Å²) >= 11 is 0. The van der Waals surface area contributed by atoms with Crippen molar-refractivity contribution in [2.75, 3.05) is 0 Å². The number of aryl methyl sites for hydroxylation is 1. The lowest BCUT2D eigenvalue weighted by Crippen LogP contribution is -2.26.